The maximum absolute atomic E-state index is 13.9. The molecule has 0 radical (unpaired) electrons. The van der Waals surface area contributed by atoms with Crippen LogP contribution in [-0.2, 0) is 0 Å². The van der Waals surface area contributed by atoms with E-state index in [4.69, 9.17) is 0 Å². The van der Waals surface area contributed by atoms with Crippen molar-refractivity contribution < 1.29 is 4.39 Å². The highest BCUT2D eigenvalue weighted by atomic mass is 19.1. The molecule has 86 valence electrons. The van der Waals surface area contributed by atoms with Gasteiger partial charge in [0.05, 0.1) is 11.7 Å². The lowest BCUT2D eigenvalue weighted by Gasteiger charge is -2.27. The molecule has 0 aromatic carbocycles. The quantitative estimate of drug-likeness (QED) is 0.748. The van der Waals surface area contributed by atoms with Crippen molar-refractivity contribution in [2.75, 3.05) is 7.05 Å². The van der Waals surface area contributed by atoms with E-state index < -0.39 is 6.17 Å². The third kappa shape index (κ3) is 1.49. The number of halogens is 1. The van der Waals surface area contributed by atoms with Gasteiger partial charge in [-0.1, -0.05) is 5.21 Å². The Kier molecular flexibility index (Phi) is 2.14. The van der Waals surface area contributed by atoms with Crippen LogP contribution in [0.15, 0.2) is 42.6 Å². The largest absolute Gasteiger partial charge is 0.353 e. The first-order valence-electron chi connectivity index (χ1n) is 5.18. The summed E-state index contributed by atoms with van der Waals surface area (Å²) in [5, 5.41) is 7.96. The molecule has 1 unspecified atom stereocenters. The molecule has 0 aliphatic carbocycles. The zero-order chi connectivity index (χ0) is 11.8. The minimum atomic E-state index is -0.576. The topological polar surface area (TPSA) is 46.8 Å². The second-order valence-electron chi connectivity index (χ2n) is 3.83. The normalized spacial score (nSPS) is 19.8. The van der Waals surface area contributed by atoms with Crippen molar-refractivity contribution in [2.45, 2.75) is 6.17 Å². The first-order valence-corrected chi connectivity index (χ1v) is 5.18. The zero-order valence-corrected chi connectivity index (χ0v) is 9.16. The maximum atomic E-state index is 13.9. The number of likely N-dealkylation sites (N-methyl/N-ethyl adjacent to an activating group) is 1. The Morgan fingerprint density at radius 3 is 3.12 bits per heavy atom. The standard InChI is InChI=1S/C11H10FN5/c1-16-6-2-3-8(12)11(16)17-10-4-5-13-7-9(10)14-15-17/h2-7,11H,1H3. The van der Waals surface area contributed by atoms with E-state index in [0.717, 1.165) is 5.52 Å². The van der Waals surface area contributed by atoms with Crippen molar-refractivity contribution in [2.24, 2.45) is 0 Å². The van der Waals surface area contributed by atoms with Crippen LogP contribution in [0.2, 0.25) is 0 Å². The van der Waals surface area contributed by atoms with Gasteiger partial charge in [0.15, 0.2) is 6.17 Å². The molecule has 3 heterocycles. The van der Waals surface area contributed by atoms with Crippen molar-refractivity contribution in [1.82, 2.24) is 24.9 Å². The van der Waals surface area contributed by atoms with E-state index in [1.165, 1.54) is 6.08 Å². The SMILES string of the molecule is CN1C=CC=C(F)C1n1nnc2cnccc21. The molecule has 2 aromatic heterocycles. The van der Waals surface area contributed by atoms with Crippen molar-refractivity contribution in [3.05, 3.63) is 42.6 Å². The fourth-order valence-corrected chi connectivity index (χ4v) is 1.90. The molecule has 3 rings (SSSR count). The van der Waals surface area contributed by atoms with Gasteiger partial charge in [0.25, 0.3) is 0 Å². The second kappa shape index (κ2) is 3.65. The minimum Gasteiger partial charge on any atom is -0.353 e. The van der Waals surface area contributed by atoms with Crippen LogP contribution in [0.4, 0.5) is 4.39 Å². The summed E-state index contributed by atoms with van der Waals surface area (Å²) in [5.41, 5.74) is 1.42. The number of nitrogens with zero attached hydrogens (tertiary/aromatic N) is 5. The summed E-state index contributed by atoms with van der Waals surface area (Å²) in [6, 6.07) is 1.77. The molecule has 0 saturated heterocycles. The molecule has 0 fully saturated rings. The van der Waals surface area contributed by atoms with Crippen molar-refractivity contribution in [3.63, 3.8) is 0 Å². The van der Waals surface area contributed by atoms with E-state index in [2.05, 4.69) is 15.3 Å². The van der Waals surface area contributed by atoms with Gasteiger partial charge >= 0.3 is 0 Å². The average molecular weight is 231 g/mol. The van der Waals surface area contributed by atoms with Gasteiger partial charge in [0, 0.05) is 19.4 Å². The van der Waals surface area contributed by atoms with Crippen molar-refractivity contribution >= 4 is 11.0 Å². The fraction of sp³-hybridized carbons (Fsp3) is 0.182. The number of fused-ring (bicyclic) bond motifs is 1. The lowest BCUT2D eigenvalue weighted by atomic mass is 10.2. The van der Waals surface area contributed by atoms with Gasteiger partial charge in [-0.2, -0.15) is 0 Å². The summed E-state index contributed by atoms with van der Waals surface area (Å²) >= 11 is 0. The molecule has 1 atom stereocenters. The van der Waals surface area contributed by atoms with Gasteiger partial charge in [0.1, 0.15) is 11.3 Å². The first kappa shape index (κ1) is 9.95. The summed E-state index contributed by atoms with van der Waals surface area (Å²) in [6.07, 6.45) is 7.56. The van der Waals surface area contributed by atoms with E-state index >= 15 is 0 Å². The van der Waals surface area contributed by atoms with Crippen LogP contribution in [0.5, 0.6) is 0 Å². The Hall–Kier alpha value is -2.24. The Labute approximate surface area is 96.9 Å². The van der Waals surface area contributed by atoms with E-state index in [-0.39, 0.29) is 5.83 Å². The molecule has 0 spiro atoms. The molecular formula is C11H10FN5. The molecule has 0 N–H and O–H groups in total. The lowest BCUT2D eigenvalue weighted by Crippen LogP contribution is -2.28. The number of aromatic nitrogens is 4. The first-order chi connectivity index (χ1) is 8.27. The molecular weight excluding hydrogens is 221 g/mol. The molecule has 0 amide bonds. The van der Waals surface area contributed by atoms with E-state index in [0.29, 0.717) is 5.52 Å². The van der Waals surface area contributed by atoms with Crippen LogP contribution in [0.3, 0.4) is 0 Å². The van der Waals surface area contributed by atoms with Gasteiger partial charge in [-0.3, -0.25) is 4.98 Å². The zero-order valence-electron chi connectivity index (χ0n) is 9.16. The molecule has 17 heavy (non-hydrogen) atoms. The number of hydrogen-bond donors (Lipinski definition) is 0. The Bertz CT molecular complexity index is 615. The van der Waals surface area contributed by atoms with Crippen molar-refractivity contribution in [3.8, 4) is 0 Å². The van der Waals surface area contributed by atoms with Crippen LogP contribution >= 0.6 is 0 Å². The minimum absolute atomic E-state index is 0.265. The Morgan fingerprint density at radius 1 is 1.41 bits per heavy atom. The van der Waals surface area contributed by atoms with Crippen LogP contribution in [0.1, 0.15) is 6.17 Å². The summed E-state index contributed by atoms with van der Waals surface area (Å²) < 4.78 is 15.4. The molecule has 0 saturated carbocycles. The van der Waals surface area contributed by atoms with Crippen LogP contribution < -0.4 is 0 Å². The monoisotopic (exact) mass is 231 g/mol. The fourth-order valence-electron chi connectivity index (χ4n) is 1.90. The van der Waals surface area contributed by atoms with Gasteiger partial charge in [0.2, 0.25) is 0 Å². The number of allylic oxidation sites excluding steroid dienone is 2. The van der Waals surface area contributed by atoms with Gasteiger partial charge in [-0.25, -0.2) is 9.07 Å². The third-order valence-corrected chi connectivity index (χ3v) is 2.71. The van der Waals surface area contributed by atoms with Crippen molar-refractivity contribution in [1.29, 1.82) is 0 Å². The van der Waals surface area contributed by atoms with Crippen LogP contribution in [0.25, 0.3) is 11.0 Å². The maximum Gasteiger partial charge on any atom is 0.177 e. The average Bonchev–Trinajstić information content (AvgIpc) is 2.73. The second-order valence-corrected chi connectivity index (χ2v) is 3.83. The smallest absolute Gasteiger partial charge is 0.177 e. The van der Waals surface area contributed by atoms with Gasteiger partial charge in [-0.15, -0.1) is 5.10 Å². The third-order valence-electron chi connectivity index (χ3n) is 2.71. The summed E-state index contributed by atoms with van der Waals surface area (Å²) in [4.78, 5) is 5.70. The summed E-state index contributed by atoms with van der Waals surface area (Å²) in [5.74, 6) is -0.265. The summed E-state index contributed by atoms with van der Waals surface area (Å²) in [6.45, 7) is 0. The number of pyridine rings is 1. The predicted octanol–water partition coefficient (Wildman–Crippen LogP) is 1.64. The number of hydrogen-bond acceptors (Lipinski definition) is 4. The molecule has 1 aliphatic rings. The van der Waals surface area contributed by atoms with Gasteiger partial charge in [-0.05, 0) is 18.2 Å². The Balaban J connectivity index is 2.15. The van der Waals surface area contributed by atoms with E-state index in [9.17, 15) is 4.39 Å². The highest BCUT2D eigenvalue weighted by Crippen LogP contribution is 2.27. The molecule has 2 aromatic rings. The van der Waals surface area contributed by atoms with Crippen LogP contribution in [-0.4, -0.2) is 31.9 Å². The summed E-state index contributed by atoms with van der Waals surface area (Å²) in [7, 11) is 1.79. The van der Waals surface area contributed by atoms with E-state index in [1.54, 1.807) is 47.4 Å². The predicted molar refractivity (Wildman–Crippen MR) is 60.5 cm³/mol. The molecule has 5 nitrogen and oxygen atoms in total. The molecule has 6 heteroatoms. The number of rotatable bonds is 1. The Morgan fingerprint density at radius 2 is 2.29 bits per heavy atom. The molecule has 1 aliphatic heterocycles. The lowest BCUT2D eigenvalue weighted by molar-refractivity contribution is 0.228. The van der Waals surface area contributed by atoms with Crippen LogP contribution in [0, 0.1) is 0 Å². The van der Waals surface area contributed by atoms with E-state index in [1.807, 2.05) is 0 Å². The highest BCUT2D eigenvalue weighted by Gasteiger charge is 2.24. The highest BCUT2D eigenvalue weighted by molar-refractivity contribution is 5.72. The van der Waals surface area contributed by atoms with Gasteiger partial charge < -0.3 is 4.90 Å². The molecule has 0 bridgehead atoms.